The molecule has 1 aromatic carbocycles. The van der Waals surface area contributed by atoms with Crippen molar-refractivity contribution in [2.45, 2.75) is 58.5 Å². The SMILES string of the molecule is C=CCC1=C(/N=C(\C)SC)N(C)CCN(c2cccc(C/C=C\[C@H](CCN(C)C(=O)OC(C)(C)C)c3cccs3)c2)C1=O. The summed E-state index contributed by atoms with van der Waals surface area (Å²) in [5.41, 5.74) is 2.14. The summed E-state index contributed by atoms with van der Waals surface area (Å²) in [6.45, 7) is 13.3. The first-order valence-corrected chi connectivity index (χ1v) is 16.7. The topological polar surface area (TPSA) is 65.4 Å². The molecule has 0 bridgehead atoms. The molecule has 3 rings (SSSR count). The highest BCUT2D eigenvalue weighted by molar-refractivity contribution is 8.13. The van der Waals surface area contributed by atoms with Crippen LogP contribution in [0.4, 0.5) is 10.5 Å². The van der Waals surface area contributed by atoms with E-state index in [-0.39, 0.29) is 17.9 Å². The maximum Gasteiger partial charge on any atom is 0.410 e. The lowest BCUT2D eigenvalue weighted by Gasteiger charge is -2.25. The van der Waals surface area contributed by atoms with Gasteiger partial charge in [-0.1, -0.05) is 36.4 Å². The van der Waals surface area contributed by atoms with E-state index < -0.39 is 5.60 Å². The fourth-order valence-corrected chi connectivity index (χ4v) is 5.70. The van der Waals surface area contributed by atoms with Crippen molar-refractivity contribution in [3.8, 4) is 0 Å². The Morgan fingerprint density at radius 3 is 2.65 bits per heavy atom. The molecule has 0 aliphatic carbocycles. The van der Waals surface area contributed by atoms with Crippen molar-refractivity contribution >= 4 is 45.8 Å². The molecule has 0 unspecified atom stereocenters. The molecule has 0 N–H and O–H groups in total. The molecule has 0 spiro atoms. The van der Waals surface area contributed by atoms with Gasteiger partial charge in [0.2, 0.25) is 0 Å². The molecule has 232 valence electrons. The van der Waals surface area contributed by atoms with E-state index in [2.05, 4.69) is 53.3 Å². The zero-order chi connectivity index (χ0) is 31.6. The summed E-state index contributed by atoms with van der Waals surface area (Å²) in [6.07, 6.45) is 9.85. The number of amides is 2. The number of rotatable bonds is 11. The summed E-state index contributed by atoms with van der Waals surface area (Å²) in [7, 11) is 3.77. The lowest BCUT2D eigenvalue weighted by Crippen LogP contribution is -2.35. The summed E-state index contributed by atoms with van der Waals surface area (Å²) in [5.74, 6) is 0.873. The molecule has 43 heavy (non-hydrogen) atoms. The Balaban J connectivity index is 1.76. The van der Waals surface area contributed by atoms with Gasteiger partial charge < -0.3 is 19.4 Å². The van der Waals surface area contributed by atoms with Crippen molar-refractivity contribution in [1.82, 2.24) is 9.80 Å². The van der Waals surface area contributed by atoms with Crippen LogP contribution in [0.15, 0.2) is 83.0 Å². The Morgan fingerprint density at radius 1 is 1.23 bits per heavy atom. The second kappa shape index (κ2) is 16.0. The standard InChI is InChI=1S/C34H46N4O3S2/c1-9-13-29-31(35-25(2)42-8)36(6)21-22-38(32(29)39)28-17-11-15-26(24-28)14-10-16-27(30-18-12-23-43-30)19-20-37(7)33(40)41-34(3,4)5/h9-12,15-18,23-24,27H,1,13-14,19-22H2,2-8H3/b16-10-,35-25+/t27-/m1/s1. The zero-order valence-electron chi connectivity index (χ0n) is 26.6. The van der Waals surface area contributed by atoms with E-state index in [1.54, 1.807) is 41.1 Å². The Labute approximate surface area is 266 Å². The van der Waals surface area contributed by atoms with Crippen molar-refractivity contribution in [3.05, 3.63) is 88.4 Å². The van der Waals surface area contributed by atoms with Gasteiger partial charge in [-0.2, -0.15) is 0 Å². The van der Waals surface area contributed by atoms with Crippen LogP contribution in [0.5, 0.6) is 0 Å². The molecular formula is C34H46N4O3S2. The molecule has 0 saturated heterocycles. The van der Waals surface area contributed by atoms with Crippen molar-refractivity contribution in [2.75, 3.05) is 44.9 Å². The number of carbonyl (C=O) groups excluding carboxylic acids is 2. The van der Waals surface area contributed by atoms with E-state index in [0.717, 1.165) is 35.0 Å². The molecule has 7 nitrogen and oxygen atoms in total. The number of hydrogen-bond acceptors (Lipinski definition) is 7. The van der Waals surface area contributed by atoms with Crippen molar-refractivity contribution in [3.63, 3.8) is 0 Å². The quantitative estimate of drug-likeness (QED) is 0.146. The third kappa shape index (κ3) is 10.1. The molecule has 2 heterocycles. The molecule has 0 saturated carbocycles. The molecule has 1 aromatic heterocycles. The van der Waals surface area contributed by atoms with Crippen LogP contribution in [0.3, 0.4) is 0 Å². The normalized spacial score (nSPS) is 15.6. The number of allylic oxidation sites excluding steroid dienone is 3. The van der Waals surface area contributed by atoms with Crippen LogP contribution in [0, 0.1) is 0 Å². The van der Waals surface area contributed by atoms with Gasteiger partial charge in [-0.15, -0.1) is 29.7 Å². The highest BCUT2D eigenvalue weighted by Crippen LogP contribution is 2.28. The third-order valence-electron chi connectivity index (χ3n) is 7.03. The lowest BCUT2D eigenvalue weighted by atomic mass is 10.0. The number of aliphatic imine (C=N–C) groups is 1. The van der Waals surface area contributed by atoms with Crippen molar-refractivity contribution in [2.24, 2.45) is 4.99 Å². The molecular weight excluding hydrogens is 577 g/mol. The number of anilines is 1. The van der Waals surface area contributed by atoms with Gasteiger partial charge in [0.05, 0.1) is 10.6 Å². The number of benzene rings is 1. The number of thiophene rings is 1. The van der Waals surface area contributed by atoms with E-state index >= 15 is 0 Å². The van der Waals surface area contributed by atoms with Crippen LogP contribution >= 0.6 is 23.1 Å². The average molecular weight is 623 g/mol. The number of carbonyl (C=O) groups is 2. The van der Waals surface area contributed by atoms with Crippen LogP contribution < -0.4 is 4.90 Å². The highest BCUT2D eigenvalue weighted by atomic mass is 32.2. The lowest BCUT2D eigenvalue weighted by molar-refractivity contribution is -0.115. The molecule has 1 atom stereocenters. The Kier molecular flexibility index (Phi) is 12.7. The maximum absolute atomic E-state index is 13.8. The van der Waals surface area contributed by atoms with Crippen LogP contribution in [0.1, 0.15) is 56.9 Å². The smallest absolute Gasteiger partial charge is 0.410 e. The highest BCUT2D eigenvalue weighted by Gasteiger charge is 2.28. The van der Waals surface area contributed by atoms with E-state index in [1.807, 2.05) is 58.0 Å². The van der Waals surface area contributed by atoms with Crippen molar-refractivity contribution < 1.29 is 14.3 Å². The largest absolute Gasteiger partial charge is 0.444 e. The third-order valence-corrected chi connectivity index (χ3v) is 8.72. The minimum absolute atomic E-state index is 0.0311. The van der Waals surface area contributed by atoms with Crippen LogP contribution in [0.2, 0.25) is 0 Å². The van der Waals surface area contributed by atoms with E-state index in [0.29, 0.717) is 31.6 Å². The summed E-state index contributed by atoms with van der Waals surface area (Å²) < 4.78 is 5.52. The molecule has 0 radical (unpaired) electrons. The number of likely N-dealkylation sites (N-methyl/N-ethyl adjacent to an activating group) is 1. The van der Waals surface area contributed by atoms with Gasteiger partial charge in [0.25, 0.3) is 5.91 Å². The summed E-state index contributed by atoms with van der Waals surface area (Å²) in [5, 5.41) is 3.00. The monoisotopic (exact) mass is 622 g/mol. The van der Waals surface area contributed by atoms with Gasteiger partial charge in [0.15, 0.2) is 0 Å². The summed E-state index contributed by atoms with van der Waals surface area (Å²) >= 11 is 3.30. The number of hydrogen-bond donors (Lipinski definition) is 0. The molecule has 2 aromatic rings. The van der Waals surface area contributed by atoms with Crippen LogP contribution in [-0.2, 0) is 16.0 Å². The first-order valence-electron chi connectivity index (χ1n) is 14.6. The predicted molar refractivity (Wildman–Crippen MR) is 183 cm³/mol. The van der Waals surface area contributed by atoms with Gasteiger partial charge in [-0.05, 0) is 82.4 Å². The molecule has 0 fully saturated rings. The van der Waals surface area contributed by atoms with Crippen molar-refractivity contribution in [1.29, 1.82) is 0 Å². The minimum atomic E-state index is -0.520. The molecule has 9 heteroatoms. The maximum atomic E-state index is 13.8. The second-order valence-electron chi connectivity index (χ2n) is 11.6. The minimum Gasteiger partial charge on any atom is -0.444 e. The van der Waals surface area contributed by atoms with E-state index in [4.69, 9.17) is 9.73 Å². The predicted octanol–water partition coefficient (Wildman–Crippen LogP) is 7.74. The van der Waals surface area contributed by atoms with Crippen LogP contribution in [-0.4, -0.2) is 72.4 Å². The average Bonchev–Trinajstić information content (AvgIpc) is 3.47. The van der Waals surface area contributed by atoms with Gasteiger partial charge >= 0.3 is 6.09 Å². The Bertz CT molecular complexity index is 1340. The number of ether oxygens (including phenoxy) is 1. The van der Waals surface area contributed by atoms with E-state index in [9.17, 15) is 9.59 Å². The first-order chi connectivity index (χ1) is 20.4. The molecule has 1 aliphatic rings. The van der Waals surface area contributed by atoms with Gasteiger partial charge in [0.1, 0.15) is 11.4 Å². The summed E-state index contributed by atoms with van der Waals surface area (Å²) in [4.78, 5) is 37.9. The zero-order valence-corrected chi connectivity index (χ0v) is 28.3. The van der Waals surface area contributed by atoms with Gasteiger partial charge in [-0.3, -0.25) is 4.79 Å². The summed E-state index contributed by atoms with van der Waals surface area (Å²) in [6, 6.07) is 12.4. The fraction of sp³-hybridized carbons (Fsp3) is 0.441. The first kappa shape index (κ1) is 34.2. The second-order valence-corrected chi connectivity index (χ2v) is 13.6. The number of thioether (sulfide) groups is 1. The molecule has 1 aliphatic heterocycles. The fourth-order valence-electron chi connectivity index (χ4n) is 4.68. The van der Waals surface area contributed by atoms with E-state index in [1.165, 1.54) is 4.88 Å². The Morgan fingerprint density at radius 2 is 2.00 bits per heavy atom. The van der Waals surface area contributed by atoms with Gasteiger partial charge in [0, 0.05) is 50.2 Å². The Hall–Kier alpha value is -3.30. The molecule has 2 amide bonds. The van der Waals surface area contributed by atoms with Crippen LogP contribution in [0.25, 0.3) is 0 Å². The van der Waals surface area contributed by atoms with Gasteiger partial charge in [-0.25, -0.2) is 9.79 Å². The number of nitrogens with zero attached hydrogens (tertiary/aromatic N) is 4.